The first-order chi connectivity index (χ1) is 9.33. The highest BCUT2D eigenvalue weighted by Crippen LogP contribution is 2.35. The molecule has 1 unspecified atom stereocenters. The van der Waals surface area contributed by atoms with Gasteiger partial charge in [0.05, 0.1) is 18.9 Å². The summed E-state index contributed by atoms with van der Waals surface area (Å²) in [4.78, 5) is 46.7. The fourth-order valence-electron chi connectivity index (χ4n) is 1.57. The SMILES string of the molecule is O=c1ccn(OC2C[C@H](OCP(=O)(O)O)CO2)c(=O)[nH]1. The van der Waals surface area contributed by atoms with Gasteiger partial charge in [-0.15, -0.1) is 4.73 Å². The quantitative estimate of drug-likeness (QED) is 0.543. The van der Waals surface area contributed by atoms with Crippen LogP contribution in [0.1, 0.15) is 6.42 Å². The molecule has 112 valence electrons. The molecule has 10 nitrogen and oxygen atoms in total. The molecule has 1 aromatic rings. The van der Waals surface area contributed by atoms with Crippen molar-refractivity contribution in [1.82, 2.24) is 9.71 Å². The van der Waals surface area contributed by atoms with Crippen LogP contribution in [0.4, 0.5) is 0 Å². The minimum absolute atomic E-state index is 0.0861. The monoisotopic (exact) mass is 308 g/mol. The minimum atomic E-state index is -4.23. The highest BCUT2D eigenvalue weighted by atomic mass is 31.2. The van der Waals surface area contributed by atoms with Gasteiger partial charge in [0.25, 0.3) is 5.56 Å². The Balaban J connectivity index is 1.88. The van der Waals surface area contributed by atoms with Crippen LogP contribution in [0.3, 0.4) is 0 Å². The summed E-state index contributed by atoms with van der Waals surface area (Å²) in [5.41, 5.74) is -1.30. The number of nitrogens with zero attached hydrogens (tertiary/aromatic N) is 1. The van der Waals surface area contributed by atoms with E-state index < -0.39 is 37.6 Å². The molecule has 1 aliphatic heterocycles. The Bertz CT molecular complexity index is 619. The van der Waals surface area contributed by atoms with Gasteiger partial charge in [0.2, 0.25) is 6.29 Å². The Morgan fingerprint density at radius 3 is 2.90 bits per heavy atom. The molecule has 1 aromatic heterocycles. The molecule has 20 heavy (non-hydrogen) atoms. The average molecular weight is 308 g/mol. The van der Waals surface area contributed by atoms with Crippen LogP contribution in [0, 0.1) is 0 Å². The number of hydrogen-bond donors (Lipinski definition) is 3. The molecule has 1 fully saturated rings. The number of nitrogens with one attached hydrogen (secondary N) is 1. The molecule has 2 atom stereocenters. The van der Waals surface area contributed by atoms with Crippen molar-refractivity contribution < 1.29 is 28.7 Å². The molecule has 2 heterocycles. The van der Waals surface area contributed by atoms with Crippen LogP contribution >= 0.6 is 7.60 Å². The van der Waals surface area contributed by atoms with Gasteiger partial charge in [0.15, 0.2) is 0 Å². The van der Waals surface area contributed by atoms with Gasteiger partial charge in [0.1, 0.15) is 6.35 Å². The Morgan fingerprint density at radius 2 is 2.25 bits per heavy atom. The van der Waals surface area contributed by atoms with Crippen molar-refractivity contribution >= 4 is 7.60 Å². The van der Waals surface area contributed by atoms with Crippen LogP contribution in [0.25, 0.3) is 0 Å². The molecule has 11 heteroatoms. The number of ether oxygens (including phenoxy) is 2. The predicted molar refractivity (Wildman–Crippen MR) is 64.0 cm³/mol. The second-order valence-electron chi connectivity index (χ2n) is 4.12. The standard InChI is InChI=1S/C9H13N2O8P/c12-7-1-2-11(9(13)10-7)19-8-3-6(4-17-8)18-5-20(14,15)16/h1-2,6,8H,3-5H2,(H,10,12,13)(H2,14,15,16)/t6-,8?/m0/s1. The zero-order valence-electron chi connectivity index (χ0n) is 10.2. The molecule has 0 radical (unpaired) electrons. The van der Waals surface area contributed by atoms with Crippen LogP contribution in [0.15, 0.2) is 21.9 Å². The lowest BCUT2D eigenvalue weighted by Crippen LogP contribution is -2.37. The number of aromatic nitrogens is 2. The van der Waals surface area contributed by atoms with Crippen LogP contribution in [0.2, 0.25) is 0 Å². The Labute approximate surface area is 112 Å². The van der Waals surface area contributed by atoms with E-state index in [1.807, 2.05) is 4.98 Å². The minimum Gasteiger partial charge on any atom is -0.377 e. The molecule has 0 amide bonds. The van der Waals surface area contributed by atoms with Crippen LogP contribution in [-0.2, 0) is 14.0 Å². The van der Waals surface area contributed by atoms with E-state index in [0.717, 1.165) is 17.0 Å². The number of H-pyrrole nitrogens is 1. The fraction of sp³-hybridized carbons (Fsp3) is 0.556. The van der Waals surface area contributed by atoms with Gasteiger partial charge in [-0.1, -0.05) is 0 Å². The molecule has 1 saturated heterocycles. The topological polar surface area (TPSA) is 140 Å². The highest BCUT2D eigenvalue weighted by molar-refractivity contribution is 7.51. The van der Waals surface area contributed by atoms with Gasteiger partial charge in [-0.2, -0.15) is 0 Å². The van der Waals surface area contributed by atoms with E-state index in [2.05, 4.69) is 0 Å². The first kappa shape index (κ1) is 14.9. The summed E-state index contributed by atoms with van der Waals surface area (Å²) in [6, 6.07) is 1.11. The molecular formula is C9H13N2O8P. The molecular weight excluding hydrogens is 295 g/mol. The lowest BCUT2D eigenvalue weighted by atomic mass is 10.3. The summed E-state index contributed by atoms with van der Waals surface area (Å²) in [6.07, 6.45) is -0.696. The van der Waals surface area contributed by atoms with Crippen molar-refractivity contribution in [2.45, 2.75) is 18.8 Å². The first-order valence-corrected chi connectivity index (χ1v) is 7.40. The summed E-state index contributed by atoms with van der Waals surface area (Å²) in [5, 5.41) is 0. The van der Waals surface area contributed by atoms with Gasteiger partial charge in [0, 0.05) is 12.5 Å². The summed E-state index contributed by atoms with van der Waals surface area (Å²) in [5.74, 6) is 0. The van der Waals surface area contributed by atoms with E-state index >= 15 is 0 Å². The van der Waals surface area contributed by atoms with E-state index in [9.17, 15) is 14.2 Å². The van der Waals surface area contributed by atoms with E-state index in [1.165, 1.54) is 0 Å². The van der Waals surface area contributed by atoms with Crippen molar-refractivity contribution in [3.05, 3.63) is 33.1 Å². The summed E-state index contributed by atoms with van der Waals surface area (Å²) < 4.78 is 21.6. The number of rotatable bonds is 5. The van der Waals surface area contributed by atoms with E-state index in [4.69, 9.17) is 24.1 Å². The first-order valence-electron chi connectivity index (χ1n) is 5.60. The van der Waals surface area contributed by atoms with E-state index in [-0.39, 0.29) is 13.0 Å². The Kier molecular flexibility index (Phi) is 4.41. The third-order valence-corrected chi connectivity index (χ3v) is 2.91. The normalized spacial score (nSPS) is 22.9. The van der Waals surface area contributed by atoms with Crippen LogP contribution in [0.5, 0.6) is 0 Å². The lowest BCUT2D eigenvalue weighted by Gasteiger charge is -2.13. The Hall–Kier alpha value is -1.45. The molecule has 2 rings (SSSR count). The van der Waals surface area contributed by atoms with Crippen molar-refractivity contribution in [3.8, 4) is 0 Å². The van der Waals surface area contributed by atoms with Gasteiger partial charge in [-0.05, 0) is 0 Å². The van der Waals surface area contributed by atoms with Gasteiger partial charge in [-0.25, -0.2) is 4.79 Å². The zero-order chi connectivity index (χ0) is 14.8. The molecule has 0 aliphatic carbocycles. The second kappa shape index (κ2) is 5.90. The summed E-state index contributed by atoms with van der Waals surface area (Å²) in [7, 11) is -4.23. The number of aromatic amines is 1. The second-order valence-corrected chi connectivity index (χ2v) is 5.71. The lowest BCUT2D eigenvalue weighted by molar-refractivity contribution is -0.119. The Morgan fingerprint density at radius 1 is 1.50 bits per heavy atom. The highest BCUT2D eigenvalue weighted by Gasteiger charge is 2.30. The van der Waals surface area contributed by atoms with Crippen molar-refractivity contribution in [2.24, 2.45) is 0 Å². The maximum atomic E-state index is 11.4. The van der Waals surface area contributed by atoms with Crippen LogP contribution < -0.4 is 16.1 Å². The predicted octanol–water partition coefficient (Wildman–Crippen LogP) is -1.77. The van der Waals surface area contributed by atoms with Crippen molar-refractivity contribution in [2.75, 3.05) is 13.0 Å². The number of hydrogen-bond acceptors (Lipinski definition) is 6. The largest absolute Gasteiger partial charge is 0.377 e. The maximum Gasteiger partial charge on any atom is 0.361 e. The zero-order valence-corrected chi connectivity index (χ0v) is 11.1. The third kappa shape index (κ3) is 4.29. The molecule has 0 aromatic carbocycles. The van der Waals surface area contributed by atoms with Crippen molar-refractivity contribution in [1.29, 1.82) is 0 Å². The van der Waals surface area contributed by atoms with Crippen molar-refractivity contribution in [3.63, 3.8) is 0 Å². The molecule has 3 N–H and O–H groups in total. The van der Waals surface area contributed by atoms with Gasteiger partial charge in [-0.3, -0.25) is 14.3 Å². The van der Waals surface area contributed by atoms with Gasteiger partial charge >= 0.3 is 13.3 Å². The van der Waals surface area contributed by atoms with Crippen LogP contribution in [-0.4, -0.2) is 44.9 Å². The van der Waals surface area contributed by atoms with Gasteiger partial charge < -0.3 is 24.1 Å². The maximum absolute atomic E-state index is 11.4. The summed E-state index contributed by atoms with van der Waals surface area (Å²) >= 11 is 0. The molecule has 0 bridgehead atoms. The average Bonchev–Trinajstić information content (AvgIpc) is 2.77. The van der Waals surface area contributed by atoms with E-state index in [0.29, 0.717) is 0 Å². The molecule has 0 saturated carbocycles. The third-order valence-electron chi connectivity index (χ3n) is 2.42. The summed E-state index contributed by atoms with van der Waals surface area (Å²) in [6.45, 7) is 0.0861. The molecule has 0 spiro atoms. The molecule has 1 aliphatic rings. The van der Waals surface area contributed by atoms with E-state index in [1.54, 1.807) is 0 Å². The fourth-order valence-corrected chi connectivity index (χ4v) is 1.98. The smallest absolute Gasteiger partial charge is 0.361 e.